The summed E-state index contributed by atoms with van der Waals surface area (Å²) in [4.78, 5) is 21.6. The Labute approximate surface area is 74.2 Å². The molecule has 0 aromatic carbocycles. The maximum atomic E-state index is 8.88. The van der Waals surface area contributed by atoms with Gasteiger partial charge in [-0.15, -0.1) is 0 Å². The third-order valence-corrected chi connectivity index (χ3v) is 0. The molecule has 0 spiro atoms. The van der Waals surface area contributed by atoms with Gasteiger partial charge in [0.1, 0.15) is 0 Å². The predicted molar refractivity (Wildman–Crippen MR) is 35.6 cm³/mol. The van der Waals surface area contributed by atoms with Crippen molar-refractivity contribution in [3.8, 4) is 0 Å². The van der Waals surface area contributed by atoms with Gasteiger partial charge in [-0.1, -0.05) is 0 Å². The molecule has 0 aromatic rings. The van der Waals surface area contributed by atoms with Crippen LogP contribution in [0, 0.1) is 0 Å². The molecule has 8 nitrogen and oxygen atoms in total. The molecule has 0 atom stereocenters. The number of hydrogen-bond acceptors (Lipinski definition) is 3. The van der Waals surface area contributed by atoms with Gasteiger partial charge in [0.25, 0.3) is 0 Å². The van der Waals surface area contributed by atoms with E-state index in [0.717, 1.165) is 0 Å². The summed E-state index contributed by atoms with van der Waals surface area (Å²) in [6.45, 7) is 0. The van der Waals surface area contributed by atoms with Crippen molar-refractivity contribution in [2.75, 3.05) is 0 Å². The van der Waals surface area contributed by atoms with Gasteiger partial charge in [0.05, 0.1) is 0 Å². The molecule has 0 unspecified atom stereocenters. The van der Waals surface area contributed by atoms with E-state index in [4.69, 9.17) is 36.8 Å². The molecule has 0 rings (SSSR count). The van der Waals surface area contributed by atoms with Crippen molar-refractivity contribution in [1.82, 2.24) is 0 Å². The van der Waals surface area contributed by atoms with E-state index in [2.05, 4.69) is 0 Å². The summed E-state index contributed by atoms with van der Waals surface area (Å²) in [5.41, 5.74) is 0. The Bertz CT molecular complexity index is 192. The molecular formula is H6LiO8PS. The van der Waals surface area contributed by atoms with Crippen LogP contribution < -0.4 is 0 Å². The molecule has 66 valence electrons. The van der Waals surface area contributed by atoms with E-state index < -0.39 is 18.2 Å². The summed E-state index contributed by atoms with van der Waals surface area (Å²) in [7, 11) is -9.31. The first-order chi connectivity index (χ1) is 4.00. The van der Waals surface area contributed by atoms with Crippen LogP contribution in [0.5, 0.6) is 0 Å². The minimum absolute atomic E-state index is 0. The Balaban J connectivity index is -0.000000107. The van der Waals surface area contributed by atoms with Gasteiger partial charge in [0, 0.05) is 0 Å². The van der Waals surface area contributed by atoms with Gasteiger partial charge in [0.15, 0.2) is 0 Å². The average Bonchev–Trinajstić information content (AvgIpc) is 1.12. The molecule has 11 heavy (non-hydrogen) atoms. The number of phosphoric acid groups is 1. The second-order valence-electron chi connectivity index (χ2n) is 0.961. The second kappa shape index (κ2) is 6.13. The molecule has 0 aliphatic rings. The van der Waals surface area contributed by atoms with Crippen LogP contribution in [0.15, 0.2) is 0 Å². The second-order valence-corrected chi connectivity index (χ2v) is 2.88. The van der Waals surface area contributed by atoms with E-state index in [9.17, 15) is 0 Å². The molecule has 0 aliphatic heterocycles. The van der Waals surface area contributed by atoms with Gasteiger partial charge >= 0.3 is 37.1 Å². The van der Waals surface area contributed by atoms with E-state index in [1.807, 2.05) is 0 Å². The standard InChI is InChI=1S/Li.H3O4P.H2O4S.H/c;2*1-5(2,3)4;/h;(H3,1,2,3,4);(H2,1,2,3,4);. The fraction of sp³-hybridized carbons (Fsp3) is 0. The van der Waals surface area contributed by atoms with Crippen molar-refractivity contribution in [3.05, 3.63) is 0 Å². The molecule has 0 aliphatic carbocycles. The summed E-state index contributed by atoms with van der Waals surface area (Å²) < 4.78 is 40.5. The normalized spacial score (nSPS) is 10.6. The van der Waals surface area contributed by atoms with Crippen LogP contribution >= 0.6 is 7.82 Å². The fourth-order valence-electron chi connectivity index (χ4n) is 0. The van der Waals surface area contributed by atoms with Crippen LogP contribution in [0.2, 0.25) is 0 Å². The molecule has 0 bridgehead atoms. The van der Waals surface area contributed by atoms with Gasteiger partial charge in [0.2, 0.25) is 0 Å². The van der Waals surface area contributed by atoms with Crippen molar-refractivity contribution in [2.24, 2.45) is 0 Å². The summed E-state index contributed by atoms with van der Waals surface area (Å²) in [6, 6.07) is 0. The van der Waals surface area contributed by atoms with Gasteiger partial charge in [-0.2, -0.15) is 8.42 Å². The SMILES string of the molecule is O=P(O)(O)O.O=S(=O)(O)O.[LiH]. The molecule has 11 heteroatoms. The molecule has 0 amide bonds. The van der Waals surface area contributed by atoms with Gasteiger partial charge < -0.3 is 14.7 Å². The summed E-state index contributed by atoms with van der Waals surface area (Å²) in [6.07, 6.45) is 0. The molecule has 0 radical (unpaired) electrons. The molecule has 0 saturated heterocycles. The Hall–Kier alpha value is 0.577. The summed E-state index contributed by atoms with van der Waals surface area (Å²) in [5, 5.41) is 0. The quantitative estimate of drug-likeness (QED) is 0.169. The number of rotatable bonds is 0. The van der Waals surface area contributed by atoms with Crippen LogP contribution in [0.1, 0.15) is 0 Å². The van der Waals surface area contributed by atoms with Crippen LogP contribution in [0.4, 0.5) is 0 Å². The van der Waals surface area contributed by atoms with E-state index in [0.29, 0.717) is 0 Å². The van der Waals surface area contributed by atoms with Crippen molar-refractivity contribution >= 4 is 37.1 Å². The molecule has 0 fully saturated rings. The zero-order valence-corrected chi connectivity index (χ0v) is 6.03. The van der Waals surface area contributed by atoms with Gasteiger partial charge in [-0.25, -0.2) is 4.57 Å². The first-order valence-electron chi connectivity index (χ1n) is 1.48. The minimum atomic E-state index is -4.67. The van der Waals surface area contributed by atoms with Gasteiger partial charge in [-0.3, -0.25) is 9.11 Å². The fourth-order valence-corrected chi connectivity index (χ4v) is 0. The van der Waals surface area contributed by atoms with E-state index in [-0.39, 0.29) is 18.9 Å². The summed E-state index contributed by atoms with van der Waals surface area (Å²) in [5.74, 6) is 0. The molecule has 5 N–H and O–H groups in total. The van der Waals surface area contributed by atoms with E-state index >= 15 is 0 Å². The van der Waals surface area contributed by atoms with Crippen LogP contribution in [0.3, 0.4) is 0 Å². The molecule has 0 aromatic heterocycles. The van der Waals surface area contributed by atoms with Crippen molar-refractivity contribution in [1.29, 1.82) is 0 Å². The van der Waals surface area contributed by atoms with E-state index in [1.54, 1.807) is 0 Å². The Morgan fingerprint density at radius 1 is 1.00 bits per heavy atom. The first-order valence-corrected chi connectivity index (χ1v) is 4.44. The van der Waals surface area contributed by atoms with E-state index in [1.165, 1.54) is 0 Å². The Morgan fingerprint density at radius 3 is 1.00 bits per heavy atom. The third-order valence-electron chi connectivity index (χ3n) is 0. The third kappa shape index (κ3) is 2330. The number of hydrogen-bond donors (Lipinski definition) is 5. The van der Waals surface area contributed by atoms with Crippen molar-refractivity contribution in [2.45, 2.75) is 0 Å². The zero-order valence-electron chi connectivity index (χ0n) is 4.32. The average molecular weight is 204 g/mol. The first kappa shape index (κ1) is 17.6. The summed E-state index contributed by atoms with van der Waals surface area (Å²) >= 11 is 0. The topological polar surface area (TPSA) is 152 Å². The van der Waals surface area contributed by atoms with Crippen molar-refractivity contribution < 1.29 is 36.8 Å². The molecular weight excluding hydrogens is 198 g/mol. The molecule has 0 heterocycles. The van der Waals surface area contributed by atoms with Gasteiger partial charge in [-0.05, 0) is 0 Å². The maximum absolute atomic E-state index is 8.88. The van der Waals surface area contributed by atoms with Crippen LogP contribution in [0.25, 0.3) is 0 Å². The van der Waals surface area contributed by atoms with Crippen LogP contribution in [-0.2, 0) is 15.0 Å². The Kier molecular flexibility index (Phi) is 9.82. The zero-order chi connectivity index (χ0) is 9.00. The van der Waals surface area contributed by atoms with Crippen molar-refractivity contribution in [3.63, 3.8) is 0 Å². The monoisotopic (exact) mass is 204 g/mol. The molecule has 0 saturated carbocycles. The van der Waals surface area contributed by atoms with Crippen LogP contribution in [-0.4, -0.2) is 51.1 Å². The predicted octanol–water partition coefficient (Wildman–Crippen LogP) is -2.23. The Morgan fingerprint density at radius 2 is 1.00 bits per heavy atom.